The molecule has 0 spiro atoms. The van der Waals surface area contributed by atoms with Crippen molar-refractivity contribution in [2.24, 2.45) is 23.7 Å². The van der Waals surface area contributed by atoms with Gasteiger partial charge in [0, 0.05) is 5.92 Å². The summed E-state index contributed by atoms with van der Waals surface area (Å²) in [6, 6.07) is 24.6. The lowest BCUT2D eigenvalue weighted by Crippen LogP contribution is -2.30. The summed E-state index contributed by atoms with van der Waals surface area (Å²) in [6.45, 7) is 13.2. The van der Waals surface area contributed by atoms with Gasteiger partial charge in [0.2, 0.25) is 0 Å². The van der Waals surface area contributed by atoms with Gasteiger partial charge in [0.25, 0.3) is 0 Å². The van der Waals surface area contributed by atoms with Crippen molar-refractivity contribution in [3.8, 4) is 46.0 Å². The normalized spacial score (nSPS) is 23.0. The van der Waals surface area contributed by atoms with Crippen LogP contribution in [0.1, 0.15) is 108 Å². The topological polar surface area (TPSA) is 83.1 Å². The molecule has 4 aromatic rings. The van der Waals surface area contributed by atoms with Crippen LogP contribution in [0.2, 0.25) is 0 Å². The molecule has 9 heteroatoms. The lowest BCUT2D eigenvalue weighted by molar-refractivity contribution is 0.0287. The molecule has 60 heavy (non-hydrogen) atoms. The number of hydrogen-bond donors (Lipinski definition) is 0. The molecule has 1 saturated carbocycles. The number of ether oxygens (including phenoxy) is 9. The molecule has 0 aromatic heterocycles. The Hall–Kier alpha value is -5.02. The number of methoxy groups -OCH3 is 6. The molecule has 324 valence electrons. The number of benzene rings is 4. The summed E-state index contributed by atoms with van der Waals surface area (Å²) >= 11 is 0. The fraction of sp³-hybridized carbons (Fsp3) is 0.490. The van der Waals surface area contributed by atoms with Gasteiger partial charge < -0.3 is 42.6 Å². The second kappa shape index (κ2) is 20.0. The summed E-state index contributed by atoms with van der Waals surface area (Å²) in [4.78, 5) is 0. The van der Waals surface area contributed by atoms with Crippen molar-refractivity contribution in [1.82, 2.24) is 0 Å². The van der Waals surface area contributed by atoms with E-state index in [1.54, 1.807) is 42.7 Å². The molecular weight excluding hydrogens is 757 g/mol. The lowest BCUT2D eigenvalue weighted by Gasteiger charge is -2.33. The standard InChI is InChI=1S/C51H66O9/c1-13-15-40(35-18-22-41(52-7)45(26-35)54-9)33(5)58-43-24-20-37(28-47(43)56-11)50-31(3)32(4)51(60-50)38-21-25-44(48(29-38)57-12)59-34(6)49(39-17-14-16-30(39)2)36-19-23-42(53-8)46(27-36)55-10/h15,18-34,39,49-51H,13-14,16-17H2,1-12H3. The molecule has 9 atom stereocenters. The molecule has 0 bridgehead atoms. The van der Waals surface area contributed by atoms with Gasteiger partial charge >= 0.3 is 0 Å². The van der Waals surface area contributed by atoms with Crippen LogP contribution >= 0.6 is 0 Å². The van der Waals surface area contributed by atoms with Crippen molar-refractivity contribution in [2.45, 2.75) is 97.6 Å². The molecule has 9 nitrogen and oxygen atoms in total. The maximum Gasteiger partial charge on any atom is 0.162 e. The Morgan fingerprint density at radius 1 is 0.600 bits per heavy atom. The average molecular weight is 823 g/mol. The van der Waals surface area contributed by atoms with Crippen LogP contribution < -0.4 is 37.9 Å². The van der Waals surface area contributed by atoms with E-state index >= 15 is 0 Å². The van der Waals surface area contributed by atoms with E-state index in [4.69, 9.17) is 42.6 Å². The largest absolute Gasteiger partial charge is 0.493 e. The first-order valence-electron chi connectivity index (χ1n) is 21.5. The molecule has 4 aromatic carbocycles. The van der Waals surface area contributed by atoms with Gasteiger partial charge in [0.1, 0.15) is 12.2 Å². The first-order chi connectivity index (χ1) is 29.0. The summed E-state index contributed by atoms with van der Waals surface area (Å²) in [6.07, 6.45) is 5.98. The van der Waals surface area contributed by atoms with E-state index in [-0.39, 0.29) is 42.2 Å². The van der Waals surface area contributed by atoms with Gasteiger partial charge in [-0.3, -0.25) is 0 Å². The van der Waals surface area contributed by atoms with Crippen LogP contribution in [-0.4, -0.2) is 54.9 Å². The fourth-order valence-electron chi connectivity index (χ4n) is 9.55. The molecule has 1 saturated heterocycles. The van der Waals surface area contributed by atoms with Crippen LogP contribution in [0.3, 0.4) is 0 Å². The van der Waals surface area contributed by atoms with Gasteiger partial charge in [-0.2, -0.15) is 0 Å². The molecule has 1 heterocycles. The smallest absolute Gasteiger partial charge is 0.162 e. The summed E-state index contributed by atoms with van der Waals surface area (Å²) in [7, 11) is 10.0. The molecule has 2 fully saturated rings. The monoisotopic (exact) mass is 822 g/mol. The maximum absolute atomic E-state index is 6.94. The molecule has 0 amide bonds. The highest BCUT2D eigenvalue weighted by Gasteiger charge is 2.42. The van der Waals surface area contributed by atoms with Crippen molar-refractivity contribution >= 4 is 5.57 Å². The molecule has 2 aliphatic rings. The van der Waals surface area contributed by atoms with Gasteiger partial charge in [0.15, 0.2) is 46.0 Å². The van der Waals surface area contributed by atoms with Crippen molar-refractivity contribution in [3.05, 3.63) is 101 Å². The molecule has 9 unspecified atom stereocenters. The predicted molar refractivity (Wildman–Crippen MR) is 238 cm³/mol. The Labute approximate surface area is 358 Å². The van der Waals surface area contributed by atoms with E-state index < -0.39 is 0 Å². The van der Waals surface area contributed by atoms with E-state index in [1.165, 1.54) is 24.8 Å². The highest BCUT2D eigenvalue weighted by Crippen LogP contribution is 2.52. The first-order valence-corrected chi connectivity index (χ1v) is 21.5. The van der Waals surface area contributed by atoms with Crippen LogP contribution in [-0.2, 0) is 4.74 Å². The molecule has 1 aliphatic carbocycles. The van der Waals surface area contributed by atoms with Crippen molar-refractivity contribution in [1.29, 1.82) is 0 Å². The SMILES string of the molecule is CCC=C(c1ccc(OC)c(OC)c1)C(C)Oc1ccc(C2OC(c3ccc(OC(C)C(c4ccc(OC)c(OC)c4)C4CCCC4C)c(OC)c3)C(C)C2C)cc1OC. The molecule has 0 radical (unpaired) electrons. The Balaban J connectivity index is 1.20. The highest BCUT2D eigenvalue weighted by atomic mass is 16.5. The third kappa shape index (κ3) is 9.31. The second-order valence-electron chi connectivity index (χ2n) is 16.4. The minimum absolute atomic E-state index is 0.121. The van der Waals surface area contributed by atoms with E-state index in [0.29, 0.717) is 40.6 Å². The summed E-state index contributed by atoms with van der Waals surface area (Å²) < 4.78 is 54.7. The van der Waals surface area contributed by atoms with Crippen molar-refractivity contribution < 1.29 is 42.6 Å². The minimum atomic E-state index is -0.262. The quantitative estimate of drug-likeness (QED) is 0.0974. The van der Waals surface area contributed by atoms with Crippen LogP contribution in [0.15, 0.2) is 78.9 Å². The highest BCUT2D eigenvalue weighted by molar-refractivity contribution is 5.71. The van der Waals surface area contributed by atoms with E-state index in [2.05, 4.69) is 84.0 Å². The van der Waals surface area contributed by atoms with Gasteiger partial charge in [-0.05, 0) is 127 Å². The van der Waals surface area contributed by atoms with E-state index in [1.807, 2.05) is 36.4 Å². The first kappa shape index (κ1) is 44.5. The number of allylic oxidation sites excluding steroid dienone is 1. The molecular formula is C51H66O9. The maximum atomic E-state index is 6.94. The average Bonchev–Trinajstić information content (AvgIpc) is 3.83. The lowest BCUT2D eigenvalue weighted by atomic mass is 9.77. The second-order valence-corrected chi connectivity index (χ2v) is 16.4. The van der Waals surface area contributed by atoms with E-state index in [9.17, 15) is 0 Å². The third-order valence-corrected chi connectivity index (χ3v) is 13.0. The minimum Gasteiger partial charge on any atom is -0.493 e. The number of rotatable bonds is 18. The Kier molecular flexibility index (Phi) is 14.9. The van der Waals surface area contributed by atoms with Crippen molar-refractivity contribution in [3.63, 3.8) is 0 Å². The zero-order chi connectivity index (χ0) is 43.1. The Morgan fingerprint density at radius 2 is 1.10 bits per heavy atom. The Bertz CT molecular complexity index is 2080. The third-order valence-electron chi connectivity index (χ3n) is 13.0. The van der Waals surface area contributed by atoms with Gasteiger partial charge in [-0.25, -0.2) is 0 Å². The summed E-state index contributed by atoms with van der Waals surface area (Å²) in [5, 5.41) is 0. The van der Waals surface area contributed by atoms with Crippen LogP contribution in [0.4, 0.5) is 0 Å². The summed E-state index contributed by atoms with van der Waals surface area (Å²) in [5.41, 5.74) is 5.35. The van der Waals surface area contributed by atoms with Gasteiger partial charge in [-0.15, -0.1) is 0 Å². The van der Waals surface area contributed by atoms with Gasteiger partial charge in [0.05, 0.1) is 54.9 Å². The molecule has 6 rings (SSSR count). The fourth-order valence-corrected chi connectivity index (χ4v) is 9.55. The van der Waals surface area contributed by atoms with Crippen LogP contribution in [0, 0.1) is 23.7 Å². The zero-order valence-corrected chi connectivity index (χ0v) is 37.7. The number of hydrogen-bond acceptors (Lipinski definition) is 9. The Morgan fingerprint density at radius 3 is 1.62 bits per heavy atom. The van der Waals surface area contributed by atoms with Crippen LogP contribution in [0.5, 0.6) is 46.0 Å². The summed E-state index contributed by atoms with van der Waals surface area (Å²) in [5.74, 6) is 7.24. The predicted octanol–water partition coefficient (Wildman–Crippen LogP) is 12.1. The molecule has 1 aliphatic heterocycles. The van der Waals surface area contributed by atoms with Crippen LogP contribution in [0.25, 0.3) is 5.57 Å². The zero-order valence-electron chi connectivity index (χ0n) is 37.7. The van der Waals surface area contributed by atoms with E-state index in [0.717, 1.165) is 45.9 Å². The van der Waals surface area contributed by atoms with Crippen molar-refractivity contribution in [2.75, 3.05) is 42.7 Å². The van der Waals surface area contributed by atoms with Gasteiger partial charge in [-0.1, -0.05) is 70.9 Å². The molecule has 0 N–H and O–H groups in total.